The van der Waals surface area contributed by atoms with Crippen molar-refractivity contribution in [2.45, 2.75) is 59.4 Å². The lowest BCUT2D eigenvalue weighted by atomic mass is 9.87. The average Bonchev–Trinajstić information content (AvgIpc) is 2.74. The number of piperidine rings is 1. The quantitative estimate of drug-likeness (QED) is 0.662. The van der Waals surface area contributed by atoms with Crippen LogP contribution in [0.2, 0.25) is 0 Å². The Morgan fingerprint density at radius 3 is 2.26 bits per heavy atom. The summed E-state index contributed by atoms with van der Waals surface area (Å²) in [7, 11) is 1.57. The Morgan fingerprint density at radius 1 is 1.13 bits per heavy atom. The molecule has 1 aromatic carbocycles. The van der Waals surface area contributed by atoms with Crippen molar-refractivity contribution in [2.75, 3.05) is 26.7 Å². The maximum atomic E-state index is 12.8. The van der Waals surface area contributed by atoms with Gasteiger partial charge in [0.2, 0.25) is 11.8 Å². The number of hydrogen-bond acceptors (Lipinski definition) is 4. The molecule has 1 aliphatic rings. The number of benzene rings is 1. The van der Waals surface area contributed by atoms with E-state index in [-0.39, 0.29) is 29.1 Å². The summed E-state index contributed by atoms with van der Waals surface area (Å²) in [6, 6.07) is 6.19. The molecule has 0 unspecified atom stereocenters. The highest BCUT2D eigenvalue weighted by atomic mass is 16.5. The van der Waals surface area contributed by atoms with Crippen LogP contribution >= 0.6 is 0 Å². The van der Waals surface area contributed by atoms with Crippen LogP contribution in [0.5, 0.6) is 5.75 Å². The summed E-state index contributed by atoms with van der Waals surface area (Å²) in [6.45, 7) is 9.94. The molecule has 2 rings (SSSR count). The Morgan fingerprint density at radius 2 is 1.74 bits per heavy atom. The van der Waals surface area contributed by atoms with Gasteiger partial charge in [-0.1, -0.05) is 27.7 Å². The third kappa shape index (κ3) is 7.56. The van der Waals surface area contributed by atoms with E-state index >= 15 is 0 Å². The molecule has 7 nitrogen and oxygen atoms in total. The van der Waals surface area contributed by atoms with Crippen molar-refractivity contribution in [1.82, 2.24) is 15.5 Å². The van der Waals surface area contributed by atoms with Gasteiger partial charge in [0.1, 0.15) is 11.8 Å². The number of hydrogen-bond donors (Lipinski definition) is 2. The van der Waals surface area contributed by atoms with Gasteiger partial charge in [-0.2, -0.15) is 0 Å². The molecule has 1 aromatic rings. The van der Waals surface area contributed by atoms with Crippen LogP contribution < -0.4 is 15.4 Å². The summed E-state index contributed by atoms with van der Waals surface area (Å²) < 4.78 is 5.14. The summed E-state index contributed by atoms with van der Waals surface area (Å²) in [4.78, 5) is 40.1. The summed E-state index contributed by atoms with van der Waals surface area (Å²) in [5, 5.41) is 5.85. The first kappa shape index (κ1) is 24.7. The van der Waals surface area contributed by atoms with E-state index in [4.69, 9.17) is 4.74 Å². The first-order valence-corrected chi connectivity index (χ1v) is 11.1. The molecule has 1 fully saturated rings. The van der Waals surface area contributed by atoms with Gasteiger partial charge in [-0.3, -0.25) is 14.4 Å². The highest BCUT2D eigenvalue weighted by Gasteiger charge is 2.34. The van der Waals surface area contributed by atoms with Crippen LogP contribution in [0.4, 0.5) is 0 Å². The maximum absolute atomic E-state index is 12.8. The second-order valence-electron chi connectivity index (χ2n) is 9.43. The first-order chi connectivity index (χ1) is 14.6. The number of methoxy groups -OCH3 is 1. The molecule has 7 heteroatoms. The van der Waals surface area contributed by atoms with Gasteiger partial charge in [0.05, 0.1) is 7.11 Å². The Balaban J connectivity index is 2.05. The molecule has 3 amide bonds. The number of carbonyl (C=O) groups is 3. The largest absolute Gasteiger partial charge is 0.497 e. The molecule has 31 heavy (non-hydrogen) atoms. The van der Waals surface area contributed by atoms with E-state index in [1.165, 1.54) is 0 Å². The first-order valence-electron chi connectivity index (χ1n) is 11.1. The van der Waals surface area contributed by atoms with Crippen molar-refractivity contribution in [2.24, 2.45) is 11.3 Å². The second kappa shape index (κ2) is 11.2. The highest BCUT2D eigenvalue weighted by Crippen LogP contribution is 2.25. The van der Waals surface area contributed by atoms with Crippen LogP contribution in [0.1, 0.15) is 63.7 Å². The number of likely N-dealkylation sites (tertiary alicyclic amines) is 1. The zero-order valence-corrected chi connectivity index (χ0v) is 19.5. The summed E-state index contributed by atoms with van der Waals surface area (Å²) in [6.07, 6.45) is 2.70. The van der Waals surface area contributed by atoms with Crippen LogP contribution in [-0.2, 0) is 9.59 Å². The van der Waals surface area contributed by atoms with Gasteiger partial charge >= 0.3 is 0 Å². The minimum Gasteiger partial charge on any atom is -0.497 e. The molecule has 0 bridgehead atoms. The molecule has 2 N–H and O–H groups in total. The van der Waals surface area contributed by atoms with Gasteiger partial charge < -0.3 is 20.3 Å². The fourth-order valence-electron chi connectivity index (χ4n) is 3.77. The number of nitrogens with zero attached hydrogens (tertiary/aromatic N) is 1. The number of amides is 3. The molecular formula is C24H37N3O4. The molecule has 1 atom stereocenters. The van der Waals surface area contributed by atoms with Crippen LogP contribution in [0.25, 0.3) is 0 Å². The lowest BCUT2D eigenvalue weighted by Gasteiger charge is -2.36. The van der Waals surface area contributed by atoms with Crippen molar-refractivity contribution in [3.63, 3.8) is 0 Å². The lowest BCUT2D eigenvalue weighted by molar-refractivity contribution is -0.134. The van der Waals surface area contributed by atoms with Crippen molar-refractivity contribution in [1.29, 1.82) is 0 Å². The van der Waals surface area contributed by atoms with E-state index in [0.29, 0.717) is 50.2 Å². The Kier molecular flexibility index (Phi) is 8.89. The second-order valence-corrected chi connectivity index (χ2v) is 9.43. The number of ether oxygens (including phenoxy) is 1. The van der Waals surface area contributed by atoms with Crippen molar-refractivity contribution in [3.8, 4) is 5.75 Å². The number of rotatable bonds is 8. The molecule has 0 aliphatic carbocycles. The summed E-state index contributed by atoms with van der Waals surface area (Å²) >= 11 is 0. The molecule has 1 heterocycles. The minimum atomic E-state index is -0.624. The fourth-order valence-corrected chi connectivity index (χ4v) is 3.77. The van der Waals surface area contributed by atoms with Gasteiger partial charge in [0, 0.05) is 31.6 Å². The third-order valence-electron chi connectivity index (χ3n) is 5.52. The van der Waals surface area contributed by atoms with Gasteiger partial charge in [0.25, 0.3) is 5.91 Å². The molecule has 0 radical (unpaired) electrons. The van der Waals surface area contributed by atoms with Crippen LogP contribution in [0.3, 0.4) is 0 Å². The van der Waals surface area contributed by atoms with E-state index in [9.17, 15) is 14.4 Å². The molecule has 0 spiro atoms. The fraction of sp³-hybridized carbons (Fsp3) is 0.625. The zero-order chi connectivity index (χ0) is 23.0. The predicted octanol–water partition coefficient (Wildman–Crippen LogP) is 2.99. The van der Waals surface area contributed by atoms with Crippen LogP contribution in [0, 0.1) is 11.3 Å². The minimum absolute atomic E-state index is 0.0160. The Labute approximate surface area is 185 Å². The third-order valence-corrected chi connectivity index (χ3v) is 5.52. The number of carbonyl (C=O) groups excluding carboxylic acids is 3. The number of nitrogens with one attached hydrogen (secondary N) is 2. The van der Waals surface area contributed by atoms with Crippen molar-refractivity contribution < 1.29 is 19.1 Å². The van der Waals surface area contributed by atoms with E-state index in [1.54, 1.807) is 31.4 Å². The van der Waals surface area contributed by atoms with E-state index < -0.39 is 6.04 Å². The molecular weight excluding hydrogens is 394 g/mol. The van der Waals surface area contributed by atoms with E-state index in [1.807, 2.05) is 11.8 Å². The van der Waals surface area contributed by atoms with Gasteiger partial charge in [-0.25, -0.2) is 0 Å². The Hall–Kier alpha value is -2.57. The average molecular weight is 432 g/mol. The molecule has 1 aliphatic heterocycles. The smallest absolute Gasteiger partial charge is 0.251 e. The van der Waals surface area contributed by atoms with Crippen molar-refractivity contribution in [3.05, 3.63) is 29.8 Å². The maximum Gasteiger partial charge on any atom is 0.251 e. The van der Waals surface area contributed by atoms with Gasteiger partial charge in [-0.05, 0) is 54.9 Å². The van der Waals surface area contributed by atoms with E-state index in [0.717, 1.165) is 6.42 Å². The Bertz CT molecular complexity index is 747. The topological polar surface area (TPSA) is 87.7 Å². The zero-order valence-electron chi connectivity index (χ0n) is 19.5. The van der Waals surface area contributed by atoms with Gasteiger partial charge in [0.15, 0.2) is 0 Å². The van der Waals surface area contributed by atoms with Crippen molar-refractivity contribution >= 4 is 17.7 Å². The van der Waals surface area contributed by atoms with Crippen LogP contribution in [-0.4, -0.2) is 55.4 Å². The normalized spacial score (nSPS) is 15.8. The standard InChI is InChI=1S/C24H37N3O4/c1-6-13-25-23(30)21(26-22(29)18-7-9-19(31-5)10-8-18)17-11-14-27(15-12-17)20(28)16-24(2,3)4/h7-10,17,21H,6,11-16H2,1-5H3,(H,25,30)(H,26,29)/t21-/m0/s1. The molecule has 0 saturated carbocycles. The monoisotopic (exact) mass is 431 g/mol. The SMILES string of the molecule is CCCNC(=O)[C@@H](NC(=O)c1ccc(OC)cc1)C1CCN(C(=O)CC(C)(C)C)CC1. The van der Waals surface area contributed by atoms with Gasteiger partial charge in [-0.15, -0.1) is 0 Å². The molecule has 1 saturated heterocycles. The lowest BCUT2D eigenvalue weighted by Crippen LogP contribution is -2.54. The molecule has 172 valence electrons. The summed E-state index contributed by atoms with van der Waals surface area (Å²) in [5.74, 6) is 0.354. The van der Waals surface area contributed by atoms with Crippen LogP contribution in [0.15, 0.2) is 24.3 Å². The predicted molar refractivity (Wildman–Crippen MR) is 121 cm³/mol. The highest BCUT2D eigenvalue weighted by molar-refractivity contribution is 5.97. The summed E-state index contributed by atoms with van der Waals surface area (Å²) in [5.41, 5.74) is 0.426. The molecule has 0 aromatic heterocycles. The van der Waals surface area contributed by atoms with E-state index in [2.05, 4.69) is 31.4 Å².